The number of rotatable bonds is 4. The molecule has 2 aromatic rings. The van der Waals surface area contributed by atoms with Crippen molar-refractivity contribution in [3.8, 4) is 0 Å². The Labute approximate surface area is 101 Å². The van der Waals surface area contributed by atoms with Gasteiger partial charge < -0.3 is 15.0 Å². The molecule has 1 atom stereocenters. The fourth-order valence-electron chi connectivity index (χ4n) is 2.03. The lowest BCUT2D eigenvalue weighted by Crippen LogP contribution is -2.17. The molecule has 0 aliphatic carbocycles. The van der Waals surface area contributed by atoms with Gasteiger partial charge in [-0.05, 0) is 31.0 Å². The third-order valence-corrected chi connectivity index (χ3v) is 3.04. The molecule has 2 rings (SSSR count). The third kappa shape index (κ3) is 2.33. The monoisotopic (exact) mass is 233 g/mol. The molecular weight excluding hydrogens is 214 g/mol. The van der Waals surface area contributed by atoms with Crippen molar-refractivity contribution in [3.63, 3.8) is 0 Å². The van der Waals surface area contributed by atoms with E-state index >= 15 is 0 Å². The molecule has 1 unspecified atom stereocenters. The van der Waals surface area contributed by atoms with Crippen LogP contribution in [0, 0.1) is 6.92 Å². The molecule has 0 radical (unpaired) electrons. The normalized spacial score (nSPS) is 13.2. The van der Waals surface area contributed by atoms with E-state index in [0.717, 1.165) is 23.3 Å². The summed E-state index contributed by atoms with van der Waals surface area (Å²) in [5.74, 6) is 0.919. The molecule has 0 spiro atoms. The van der Waals surface area contributed by atoms with Crippen LogP contribution in [0.1, 0.15) is 23.9 Å². The molecule has 0 fully saturated rings. The number of fused-ring (bicyclic) bond motifs is 1. The first-order valence-corrected chi connectivity index (χ1v) is 5.81. The Morgan fingerprint density at radius 2 is 2.24 bits per heavy atom. The van der Waals surface area contributed by atoms with Crippen LogP contribution in [0.5, 0.6) is 0 Å². The van der Waals surface area contributed by atoms with Crippen molar-refractivity contribution in [2.24, 2.45) is 12.8 Å². The molecule has 1 aromatic heterocycles. The number of nitrogens with two attached hydrogens (primary N) is 1. The highest BCUT2D eigenvalue weighted by atomic mass is 16.5. The van der Waals surface area contributed by atoms with Crippen LogP contribution in [0.15, 0.2) is 18.2 Å². The Morgan fingerprint density at radius 1 is 1.47 bits per heavy atom. The molecule has 17 heavy (non-hydrogen) atoms. The Bertz CT molecular complexity index is 519. The van der Waals surface area contributed by atoms with E-state index < -0.39 is 0 Å². The molecule has 0 saturated carbocycles. The van der Waals surface area contributed by atoms with E-state index in [1.807, 2.05) is 7.05 Å². The van der Waals surface area contributed by atoms with E-state index in [0.29, 0.717) is 6.61 Å². The Balaban J connectivity index is 2.37. The highest BCUT2D eigenvalue weighted by Gasteiger charge is 2.14. The average Bonchev–Trinajstić information content (AvgIpc) is 2.63. The van der Waals surface area contributed by atoms with Crippen molar-refractivity contribution >= 4 is 11.0 Å². The zero-order chi connectivity index (χ0) is 12.4. The standard InChI is InChI=1S/C13H19N3O/c1-9-4-5-12-11(8-9)15-13(16(12)2)10(14)6-7-17-3/h4-5,8,10H,6-7,14H2,1-3H3. The van der Waals surface area contributed by atoms with Crippen LogP contribution in [-0.4, -0.2) is 23.3 Å². The third-order valence-electron chi connectivity index (χ3n) is 3.04. The van der Waals surface area contributed by atoms with E-state index in [-0.39, 0.29) is 6.04 Å². The molecule has 0 bridgehead atoms. The minimum Gasteiger partial charge on any atom is -0.385 e. The van der Waals surface area contributed by atoms with E-state index in [1.165, 1.54) is 5.56 Å². The van der Waals surface area contributed by atoms with Gasteiger partial charge in [0, 0.05) is 20.8 Å². The Hall–Kier alpha value is -1.39. The van der Waals surface area contributed by atoms with E-state index in [9.17, 15) is 0 Å². The first-order valence-electron chi connectivity index (χ1n) is 5.81. The summed E-state index contributed by atoms with van der Waals surface area (Å²) in [5, 5.41) is 0. The van der Waals surface area contributed by atoms with Crippen LogP contribution >= 0.6 is 0 Å². The minimum absolute atomic E-state index is 0.0762. The first kappa shape index (κ1) is 12.1. The zero-order valence-corrected chi connectivity index (χ0v) is 10.6. The number of imidazole rings is 1. The average molecular weight is 233 g/mol. The predicted octanol–water partition coefficient (Wildman–Crippen LogP) is 1.92. The van der Waals surface area contributed by atoms with Crippen LogP contribution < -0.4 is 5.73 Å². The summed E-state index contributed by atoms with van der Waals surface area (Å²) in [6, 6.07) is 6.19. The Kier molecular flexibility index (Phi) is 3.45. The summed E-state index contributed by atoms with van der Waals surface area (Å²) in [5.41, 5.74) is 9.47. The van der Waals surface area contributed by atoms with Crippen molar-refractivity contribution in [2.45, 2.75) is 19.4 Å². The maximum Gasteiger partial charge on any atom is 0.126 e. The fraction of sp³-hybridized carbons (Fsp3) is 0.462. The molecule has 4 nitrogen and oxygen atoms in total. The van der Waals surface area contributed by atoms with Gasteiger partial charge in [0.2, 0.25) is 0 Å². The smallest absolute Gasteiger partial charge is 0.126 e. The lowest BCUT2D eigenvalue weighted by Gasteiger charge is -2.10. The van der Waals surface area contributed by atoms with Crippen molar-refractivity contribution < 1.29 is 4.74 Å². The fourth-order valence-corrected chi connectivity index (χ4v) is 2.03. The number of hydrogen-bond donors (Lipinski definition) is 1. The lowest BCUT2D eigenvalue weighted by molar-refractivity contribution is 0.187. The SMILES string of the molecule is COCCC(N)c1nc2cc(C)ccc2n1C. The van der Waals surface area contributed by atoms with E-state index in [4.69, 9.17) is 10.5 Å². The van der Waals surface area contributed by atoms with Crippen molar-refractivity contribution in [1.82, 2.24) is 9.55 Å². The molecule has 2 N–H and O–H groups in total. The summed E-state index contributed by atoms with van der Waals surface area (Å²) in [6.07, 6.45) is 0.784. The highest BCUT2D eigenvalue weighted by Crippen LogP contribution is 2.21. The second-order valence-electron chi connectivity index (χ2n) is 4.41. The van der Waals surface area contributed by atoms with Crippen LogP contribution in [0.2, 0.25) is 0 Å². The van der Waals surface area contributed by atoms with E-state index in [1.54, 1.807) is 7.11 Å². The Morgan fingerprint density at radius 3 is 2.94 bits per heavy atom. The van der Waals surface area contributed by atoms with Crippen LogP contribution in [0.3, 0.4) is 0 Å². The van der Waals surface area contributed by atoms with Gasteiger partial charge in [0.25, 0.3) is 0 Å². The minimum atomic E-state index is -0.0762. The van der Waals surface area contributed by atoms with Crippen molar-refractivity contribution in [3.05, 3.63) is 29.6 Å². The number of benzene rings is 1. The molecule has 1 heterocycles. The summed E-state index contributed by atoms with van der Waals surface area (Å²) in [6.45, 7) is 2.72. The van der Waals surface area contributed by atoms with E-state index in [2.05, 4.69) is 34.7 Å². The summed E-state index contributed by atoms with van der Waals surface area (Å²) >= 11 is 0. The van der Waals surface area contributed by atoms with Gasteiger partial charge in [-0.3, -0.25) is 0 Å². The van der Waals surface area contributed by atoms with Gasteiger partial charge in [-0.2, -0.15) is 0 Å². The molecular formula is C13H19N3O. The summed E-state index contributed by atoms with van der Waals surface area (Å²) < 4.78 is 7.11. The molecule has 1 aromatic carbocycles. The van der Waals surface area contributed by atoms with Crippen LogP contribution in [0.25, 0.3) is 11.0 Å². The van der Waals surface area contributed by atoms with Crippen molar-refractivity contribution in [1.29, 1.82) is 0 Å². The number of hydrogen-bond acceptors (Lipinski definition) is 3. The summed E-state index contributed by atoms with van der Waals surface area (Å²) in [7, 11) is 3.69. The number of aryl methyl sites for hydroxylation is 2. The molecule has 92 valence electrons. The number of ether oxygens (including phenoxy) is 1. The highest BCUT2D eigenvalue weighted by molar-refractivity contribution is 5.76. The summed E-state index contributed by atoms with van der Waals surface area (Å²) in [4.78, 5) is 4.61. The predicted molar refractivity (Wildman–Crippen MR) is 68.9 cm³/mol. The van der Waals surface area contributed by atoms with Gasteiger partial charge in [-0.25, -0.2) is 4.98 Å². The molecule has 0 aliphatic rings. The topological polar surface area (TPSA) is 53.1 Å². The van der Waals surface area contributed by atoms with Gasteiger partial charge in [0.1, 0.15) is 5.82 Å². The second kappa shape index (κ2) is 4.85. The largest absolute Gasteiger partial charge is 0.385 e. The maximum atomic E-state index is 6.12. The van der Waals surface area contributed by atoms with Gasteiger partial charge in [0.05, 0.1) is 17.1 Å². The molecule has 0 saturated heterocycles. The maximum absolute atomic E-state index is 6.12. The number of methoxy groups -OCH3 is 1. The van der Waals surface area contributed by atoms with Crippen molar-refractivity contribution in [2.75, 3.05) is 13.7 Å². The second-order valence-corrected chi connectivity index (χ2v) is 4.41. The quantitative estimate of drug-likeness (QED) is 0.877. The van der Waals surface area contributed by atoms with Gasteiger partial charge in [-0.1, -0.05) is 6.07 Å². The molecule has 0 aliphatic heterocycles. The van der Waals surface area contributed by atoms with Gasteiger partial charge in [0.15, 0.2) is 0 Å². The van der Waals surface area contributed by atoms with Crippen LogP contribution in [-0.2, 0) is 11.8 Å². The number of aromatic nitrogens is 2. The molecule has 0 amide bonds. The zero-order valence-electron chi connectivity index (χ0n) is 10.6. The molecule has 4 heteroatoms. The van der Waals surface area contributed by atoms with Gasteiger partial charge in [-0.15, -0.1) is 0 Å². The number of nitrogens with zero attached hydrogens (tertiary/aromatic N) is 2. The van der Waals surface area contributed by atoms with Gasteiger partial charge >= 0.3 is 0 Å². The van der Waals surface area contributed by atoms with Crippen LogP contribution in [0.4, 0.5) is 0 Å². The first-order chi connectivity index (χ1) is 8.13. The lowest BCUT2D eigenvalue weighted by atomic mass is 10.2.